The smallest absolute Gasteiger partial charge is 0.231 e. The molecule has 2 bridgehead atoms. The number of aliphatic hydroxyl groups is 1. The predicted octanol–water partition coefficient (Wildman–Crippen LogP) is 2.10. The van der Waals surface area contributed by atoms with E-state index in [1.165, 1.54) is 25.7 Å². The number of hydrogen-bond acceptors (Lipinski definition) is 5. The second-order valence-corrected chi connectivity index (χ2v) is 7.42. The van der Waals surface area contributed by atoms with Crippen LogP contribution in [0.3, 0.4) is 0 Å². The highest BCUT2D eigenvalue weighted by Gasteiger charge is 2.40. The Kier molecular flexibility index (Phi) is 4.70. The zero-order valence-corrected chi connectivity index (χ0v) is 14.3. The van der Waals surface area contributed by atoms with Crippen LogP contribution in [0.4, 0.5) is 0 Å². The average Bonchev–Trinajstić information content (AvgIpc) is 3.33. The Bertz CT molecular complexity index is 634. The van der Waals surface area contributed by atoms with Crippen molar-refractivity contribution in [2.45, 2.75) is 38.2 Å². The molecule has 0 aromatic heterocycles. The summed E-state index contributed by atoms with van der Waals surface area (Å²) < 4.78 is 16.1. The summed E-state index contributed by atoms with van der Waals surface area (Å²) in [5.74, 6) is 4.13. The van der Waals surface area contributed by atoms with Gasteiger partial charge in [-0.1, -0.05) is 6.42 Å². The van der Waals surface area contributed by atoms with Crippen LogP contribution in [-0.4, -0.2) is 37.1 Å². The standard InChI is InChI=1S/C19H25NO5/c21-15(10-23-16-3-4-17-18(8-16)25-11-24-17)9-20-19(22)7-14-6-12-1-2-13(14)5-12/h3-4,8,12-15,21H,1-2,5-7,9-11H2,(H,20,22)/t12-,13-,14+,15+/m0/s1. The van der Waals surface area contributed by atoms with Crippen molar-refractivity contribution in [1.82, 2.24) is 5.32 Å². The number of carbonyl (C=O) groups excluding carboxylic acids is 1. The van der Waals surface area contributed by atoms with Crippen molar-refractivity contribution in [3.63, 3.8) is 0 Å². The first kappa shape index (κ1) is 16.5. The Morgan fingerprint density at radius 2 is 2.16 bits per heavy atom. The number of amides is 1. The lowest BCUT2D eigenvalue weighted by Gasteiger charge is -2.21. The second kappa shape index (κ2) is 7.12. The number of aliphatic hydroxyl groups excluding tert-OH is 1. The normalized spacial score (nSPS) is 27.3. The summed E-state index contributed by atoms with van der Waals surface area (Å²) in [6.45, 7) is 0.550. The number of hydrogen-bond donors (Lipinski definition) is 2. The molecule has 136 valence electrons. The molecule has 4 rings (SSSR count). The van der Waals surface area contributed by atoms with Gasteiger partial charge in [0.2, 0.25) is 12.7 Å². The third kappa shape index (κ3) is 3.84. The molecule has 2 fully saturated rings. The number of carbonyl (C=O) groups is 1. The third-order valence-electron chi connectivity index (χ3n) is 5.65. The molecule has 4 atom stereocenters. The second-order valence-electron chi connectivity index (χ2n) is 7.42. The Morgan fingerprint density at radius 1 is 1.28 bits per heavy atom. The minimum absolute atomic E-state index is 0.0414. The van der Waals surface area contributed by atoms with E-state index in [1.807, 2.05) is 0 Å². The number of fused-ring (bicyclic) bond motifs is 3. The molecule has 0 unspecified atom stereocenters. The molecule has 6 nitrogen and oxygen atoms in total. The topological polar surface area (TPSA) is 77.0 Å². The summed E-state index contributed by atoms with van der Waals surface area (Å²) in [4.78, 5) is 12.1. The van der Waals surface area contributed by atoms with E-state index >= 15 is 0 Å². The van der Waals surface area contributed by atoms with Gasteiger partial charge >= 0.3 is 0 Å². The first-order chi connectivity index (χ1) is 12.2. The summed E-state index contributed by atoms with van der Waals surface area (Å²) in [6, 6.07) is 5.29. The molecule has 1 aromatic carbocycles. The average molecular weight is 347 g/mol. The molecule has 2 saturated carbocycles. The zero-order chi connectivity index (χ0) is 17.2. The molecule has 1 amide bonds. The van der Waals surface area contributed by atoms with Gasteiger partial charge in [0.05, 0.1) is 0 Å². The Morgan fingerprint density at radius 3 is 2.96 bits per heavy atom. The van der Waals surface area contributed by atoms with Crippen molar-refractivity contribution in [3.05, 3.63) is 18.2 Å². The highest BCUT2D eigenvalue weighted by Crippen LogP contribution is 2.49. The van der Waals surface area contributed by atoms with Crippen molar-refractivity contribution in [1.29, 1.82) is 0 Å². The minimum atomic E-state index is -0.741. The number of ether oxygens (including phenoxy) is 3. The van der Waals surface area contributed by atoms with Crippen LogP contribution in [0, 0.1) is 17.8 Å². The van der Waals surface area contributed by atoms with Gasteiger partial charge in [-0.2, -0.15) is 0 Å². The maximum Gasteiger partial charge on any atom is 0.231 e. The van der Waals surface area contributed by atoms with Crippen molar-refractivity contribution in [2.24, 2.45) is 17.8 Å². The first-order valence-corrected chi connectivity index (χ1v) is 9.14. The van der Waals surface area contributed by atoms with Crippen molar-refractivity contribution >= 4 is 5.91 Å². The van der Waals surface area contributed by atoms with Crippen LogP contribution in [0.2, 0.25) is 0 Å². The van der Waals surface area contributed by atoms with Gasteiger partial charge in [-0.15, -0.1) is 0 Å². The van der Waals surface area contributed by atoms with Gasteiger partial charge in [-0.3, -0.25) is 4.79 Å². The van der Waals surface area contributed by atoms with Gasteiger partial charge in [-0.05, 0) is 49.1 Å². The fourth-order valence-corrected chi connectivity index (χ4v) is 4.39. The molecule has 1 heterocycles. The summed E-state index contributed by atoms with van der Waals surface area (Å²) in [7, 11) is 0. The van der Waals surface area contributed by atoms with Gasteiger partial charge in [-0.25, -0.2) is 0 Å². The summed E-state index contributed by atoms with van der Waals surface area (Å²) in [5.41, 5.74) is 0. The number of benzene rings is 1. The molecular weight excluding hydrogens is 322 g/mol. The number of rotatable bonds is 7. The van der Waals surface area contributed by atoms with E-state index in [-0.39, 0.29) is 25.9 Å². The molecule has 2 aliphatic carbocycles. The van der Waals surface area contributed by atoms with Gasteiger partial charge in [0.1, 0.15) is 18.5 Å². The number of nitrogens with one attached hydrogen (secondary N) is 1. The lowest BCUT2D eigenvalue weighted by atomic mass is 9.86. The maximum absolute atomic E-state index is 12.1. The maximum atomic E-state index is 12.1. The van der Waals surface area contributed by atoms with E-state index in [1.54, 1.807) is 18.2 Å². The van der Waals surface area contributed by atoms with E-state index in [0.717, 1.165) is 11.8 Å². The van der Waals surface area contributed by atoms with Crippen LogP contribution in [-0.2, 0) is 4.79 Å². The summed E-state index contributed by atoms with van der Waals surface area (Å²) in [5, 5.41) is 12.9. The highest BCUT2D eigenvalue weighted by molar-refractivity contribution is 5.76. The molecular formula is C19H25NO5. The molecule has 2 N–H and O–H groups in total. The van der Waals surface area contributed by atoms with Crippen LogP contribution in [0.25, 0.3) is 0 Å². The molecule has 25 heavy (non-hydrogen) atoms. The molecule has 1 aliphatic heterocycles. The van der Waals surface area contributed by atoms with Crippen LogP contribution in [0.5, 0.6) is 17.2 Å². The summed E-state index contributed by atoms with van der Waals surface area (Å²) >= 11 is 0. The Hall–Kier alpha value is -1.95. The Balaban J connectivity index is 1.16. The zero-order valence-electron chi connectivity index (χ0n) is 14.3. The predicted molar refractivity (Wildman–Crippen MR) is 90.6 cm³/mol. The van der Waals surface area contributed by atoms with Crippen molar-refractivity contribution in [2.75, 3.05) is 19.9 Å². The van der Waals surface area contributed by atoms with Crippen molar-refractivity contribution in [3.8, 4) is 17.2 Å². The lowest BCUT2D eigenvalue weighted by Crippen LogP contribution is -2.36. The van der Waals surface area contributed by atoms with Crippen LogP contribution in [0.1, 0.15) is 32.1 Å². The van der Waals surface area contributed by atoms with Gasteiger partial charge in [0.25, 0.3) is 0 Å². The van der Waals surface area contributed by atoms with Crippen LogP contribution < -0.4 is 19.5 Å². The largest absolute Gasteiger partial charge is 0.491 e. The third-order valence-corrected chi connectivity index (χ3v) is 5.65. The van der Waals surface area contributed by atoms with E-state index < -0.39 is 6.10 Å². The van der Waals surface area contributed by atoms with Crippen molar-refractivity contribution < 1.29 is 24.1 Å². The molecule has 6 heteroatoms. The molecule has 1 aromatic rings. The van der Waals surface area contributed by atoms with Crippen LogP contribution in [0.15, 0.2) is 18.2 Å². The Labute approximate surface area is 147 Å². The highest BCUT2D eigenvalue weighted by atomic mass is 16.7. The fraction of sp³-hybridized carbons (Fsp3) is 0.632. The molecule has 0 spiro atoms. The van der Waals surface area contributed by atoms with Gasteiger partial charge in [0, 0.05) is 19.0 Å². The van der Waals surface area contributed by atoms with E-state index in [9.17, 15) is 9.90 Å². The summed E-state index contributed by atoms with van der Waals surface area (Å²) in [6.07, 6.45) is 5.00. The van der Waals surface area contributed by atoms with Gasteiger partial charge < -0.3 is 24.6 Å². The molecule has 3 aliphatic rings. The molecule has 0 saturated heterocycles. The molecule has 0 radical (unpaired) electrons. The van der Waals surface area contributed by atoms with Crippen LogP contribution >= 0.6 is 0 Å². The minimum Gasteiger partial charge on any atom is -0.491 e. The van der Waals surface area contributed by atoms with Gasteiger partial charge in [0.15, 0.2) is 11.5 Å². The fourth-order valence-electron chi connectivity index (χ4n) is 4.39. The first-order valence-electron chi connectivity index (χ1n) is 9.14. The quantitative estimate of drug-likeness (QED) is 0.790. The van der Waals surface area contributed by atoms with E-state index in [2.05, 4.69) is 5.32 Å². The van der Waals surface area contributed by atoms with E-state index in [0.29, 0.717) is 29.6 Å². The van der Waals surface area contributed by atoms with E-state index in [4.69, 9.17) is 14.2 Å². The monoisotopic (exact) mass is 347 g/mol. The lowest BCUT2D eigenvalue weighted by molar-refractivity contribution is -0.122. The SMILES string of the molecule is O=C(C[C@H]1C[C@H]2CC[C@H]1C2)NC[C@@H](O)COc1ccc2c(c1)OCO2.